The molecule has 60 valence electrons. The zero-order chi connectivity index (χ0) is 7.78. The summed E-state index contributed by atoms with van der Waals surface area (Å²) in [6.45, 7) is -0.527. The molecule has 1 saturated heterocycles. The third-order valence-corrected chi connectivity index (χ3v) is 2.23. The van der Waals surface area contributed by atoms with Crippen molar-refractivity contribution in [2.45, 2.75) is 12.3 Å². The van der Waals surface area contributed by atoms with Gasteiger partial charge in [0, 0.05) is 0 Å². The maximum absolute atomic E-state index is 10.4. The van der Waals surface area contributed by atoms with E-state index in [1.54, 1.807) is 5.09 Å². The zero-order valence-corrected chi connectivity index (χ0v) is 5.82. The van der Waals surface area contributed by atoms with Crippen LogP contribution >= 0.6 is 7.75 Å². The first-order valence-electron chi connectivity index (χ1n) is 2.61. The van der Waals surface area contributed by atoms with Gasteiger partial charge < -0.3 is 19.6 Å². The van der Waals surface area contributed by atoms with Gasteiger partial charge in [0.15, 0.2) is 0 Å². The predicted octanol–water partition coefficient (Wildman–Crippen LogP) is -2.25. The summed E-state index contributed by atoms with van der Waals surface area (Å²) in [5.74, 6) is 0. The molecule has 1 heterocycles. The molecule has 6 nitrogen and oxygen atoms in total. The van der Waals surface area contributed by atoms with Gasteiger partial charge in [-0.15, -0.1) is 0 Å². The van der Waals surface area contributed by atoms with E-state index in [0.717, 1.165) is 0 Å². The van der Waals surface area contributed by atoms with Crippen LogP contribution in [-0.4, -0.2) is 29.2 Å². The summed E-state index contributed by atoms with van der Waals surface area (Å²) in [5.41, 5.74) is 0. The van der Waals surface area contributed by atoms with Gasteiger partial charge in [0.2, 0.25) is 7.75 Å². The van der Waals surface area contributed by atoms with E-state index in [1.165, 1.54) is 0 Å². The van der Waals surface area contributed by atoms with Crippen LogP contribution in [0.4, 0.5) is 0 Å². The van der Waals surface area contributed by atoms with Crippen molar-refractivity contribution in [2.24, 2.45) is 0 Å². The Balaban J connectivity index is 2.61. The Bertz CT molecular complexity index is 172. The molecular weight excluding hydrogens is 161 g/mol. The average Bonchev–Trinajstić information content (AvgIpc) is 2.05. The summed E-state index contributed by atoms with van der Waals surface area (Å²) in [7, 11) is -4.08. The number of hydrogen-bond donors (Lipinski definition) is 3. The molecule has 3 atom stereocenters. The molecule has 3 N–H and O–H groups in total. The fourth-order valence-electron chi connectivity index (χ4n) is 0.645. The molecule has 1 aliphatic rings. The highest BCUT2D eigenvalue weighted by atomic mass is 31.2. The minimum atomic E-state index is -4.08. The Kier molecular flexibility index (Phi) is 2.10. The SMILES string of the molecule is O=P1([O-])N[C@@H](O)[C@@H](CO)O1. The Hall–Kier alpha value is 0.0300. The van der Waals surface area contributed by atoms with Crippen molar-refractivity contribution < 1.29 is 24.2 Å². The van der Waals surface area contributed by atoms with Crippen LogP contribution in [0.1, 0.15) is 0 Å². The lowest BCUT2D eigenvalue weighted by molar-refractivity contribution is -0.200. The van der Waals surface area contributed by atoms with Crippen LogP contribution in [0.15, 0.2) is 0 Å². The van der Waals surface area contributed by atoms with Gasteiger partial charge in [-0.2, -0.15) is 0 Å². The molecule has 0 bridgehead atoms. The van der Waals surface area contributed by atoms with Crippen LogP contribution in [0, 0.1) is 0 Å². The first kappa shape index (κ1) is 8.13. The van der Waals surface area contributed by atoms with Crippen molar-refractivity contribution in [2.75, 3.05) is 6.61 Å². The van der Waals surface area contributed by atoms with Crippen LogP contribution in [0.5, 0.6) is 0 Å². The van der Waals surface area contributed by atoms with Crippen molar-refractivity contribution in [1.82, 2.24) is 5.09 Å². The summed E-state index contributed by atoms with van der Waals surface area (Å²) in [6.07, 6.45) is -2.39. The lowest BCUT2D eigenvalue weighted by Crippen LogP contribution is -2.32. The van der Waals surface area contributed by atoms with Crippen LogP contribution in [0.25, 0.3) is 0 Å². The van der Waals surface area contributed by atoms with Crippen LogP contribution in [-0.2, 0) is 9.09 Å². The van der Waals surface area contributed by atoms with Crippen LogP contribution in [0.2, 0.25) is 0 Å². The first-order valence-corrected chi connectivity index (χ1v) is 4.15. The molecule has 10 heavy (non-hydrogen) atoms. The predicted molar refractivity (Wildman–Crippen MR) is 28.7 cm³/mol. The Morgan fingerprint density at radius 1 is 1.80 bits per heavy atom. The van der Waals surface area contributed by atoms with Gasteiger partial charge in [-0.25, -0.2) is 5.09 Å². The van der Waals surface area contributed by atoms with E-state index in [2.05, 4.69) is 4.52 Å². The monoisotopic (exact) mass is 168 g/mol. The number of aliphatic hydroxyl groups is 2. The van der Waals surface area contributed by atoms with Crippen molar-refractivity contribution in [3.63, 3.8) is 0 Å². The zero-order valence-electron chi connectivity index (χ0n) is 4.93. The first-order chi connectivity index (χ1) is 4.55. The van der Waals surface area contributed by atoms with Gasteiger partial charge in [-0.05, 0) is 0 Å². The molecule has 0 amide bonds. The number of hydrogen-bond acceptors (Lipinski definition) is 5. The van der Waals surface area contributed by atoms with Gasteiger partial charge in [-0.3, -0.25) is 4.57 Å². The van der Waals surface area contributed by atoms with Crippen molar-refractivity contribution >= 4 is 7.75 Å². The summed E-state index contributed by atoms with van der Waals surface area (Å²) in [6, 6.07) is 0. The van der Waals surface area contributed by atoms with Crippen LogP contribution in [0.3, 0.4) is 0 Å². The molecule has 7 heteroatoms. The Morgan fingerprint density at radius 2 is 2.40 bits per heavy atom. The second-order valence-electron chi connectivity index (χ2n) is 1.90. The smallest absolute Gasteiger partial charge is 0.207 e. The Morgan fingerprint density at radius 3 is 2.60 bits per heavy atom. The van der Waals surface area contributed by atoms with Crippen molar-refractivity contribution in [1.29, 1.82) is 0 Å². The second-order valence-corrected chi connectivity index (χ2v) is 3.36. The topological polar surface area (TPSA) is 102 Å². The van der Waals surface area contributed by atoms with E-state index in [0.29, 0.717) is 0 Å². The maximum atomic E-state index is 10.4. The van der Waals surface area contributed by atoms with E-state index < -0.39 is 26.7 Å². The van der Waals surface area contributed by atoms with E-state index in [1.807, 2.05) is 0 Å². The second kappa shape index (κ2) is 2.58. The molecule has 1 unspecified atom stereocenters. The molecular formula is C3H7NO5P-. The van der Waals surface area contributed by atoms with Crippen molar-refractivity contribution in [3.8, 4) is 0 Å². The number of rotatable bonds is 1. The molecule has 0 aromatic carbocycles. The largest absolute Gasteiger partial charge is 0.766 e. The molecule has 0 aliphatic carbocycles. The van der Waals surface area contributed by atoms with Gasteiger partial charge >= 0.3 is 0 Å². The molecule has 0 aromatic rings. The average molecular weight is 168 g/mol. The quantitative estimate of drug-likeness (QED) is 0.382. The van der Waals surface area contributed by atoms with Gasteiger partial charge in [-0.1, -0.05) is 0 Å². The van der Waals surface area contributed by atoms with E-state index in [-0.39, 0.29) is 0 Å². The van der Waals surface area contributed by atoms with E-state index in [9.17, 15) is 9.46 Å². The minimum Gasteiger partial charge on any atom is -0.766 e. The van der Waals surface area contributed by atoms with Crippen molar-refractivity contribution in [3.05, 3.63) is 0 Å². The van der Waals surface area contributed by atoms with Crippen LogP contribution < -0.4 is 9.98 Å². The number of nitrogens with one attached hydrogen (secondary N) is 1. The highest BCUT2D eigenvalue weighted by molar-refractivity contribution is 7.49. The van der Waals surface area contributed by atoms with E-state index in [4.69, 9.17) is 10.2 Å². The lowest BCUT2D eigenvalue weighted by atomic mass is 10.3. The molecule has 0 aromatic heterocycles. The fraction of sp³-hybridized carbons (Fsp3) is 1.00. The van der Waals surface area contributed by atoms with Gasteiger partial charge in [0.05, 0.1) is 6.61 Å². The van der Waals surface area contributed by atoms with E-state index >= 15 is 0 Å². The Labute approximate surface area is 57.0 Å². The summed E-state index contributed by atoms with van der Waals surface area (Å²) in [4.78, 5) is 10.4. The highest BCUT2D eigenvalue weighted by Crippen LogP contribution is 2.40. The standard InChI is InChI=1S/C3H8NO5P/c5-1-2-3(6)4-10(7,8)9-2/h2-3,5-6H,1H2,(H2,4,7,8)/p-1/t2-,3+/m1/s1. The highest BCUT2D eigenvalue weighted by Gasteiger charge is 2.33. The maximum Gasteiger partial charge on any atom is 0.207 e. The summed E-state index contributed by atoms with van der Waals surface area (Å²) < 4.78 is 14.6. The molecule has 1 rings (SSSR count). The van der Waals surface area contributed by atoms with Gasteiger partial charge in [0.25, 0.3) is 0 Å². The lowest BCUT2D eigenvalue weighted by Gasteiger charge is -2.14. The van der Waals surface area contributed by atoms with Gasteiger partial charge in [0.1, 0.15) is 12.3 Å². The normalized spacial score (nSPS) is 47.9. The molecule has 0 saturated carbocycles. The molecule has 0 spiro atoms. The summed E-state index contributed by atoms with van der Waals surface area (Å²) in [5, 5.41) is 18.9. The summed E-state index contributed by atoms with van der Waals surface area (Å²) >= 11 is 0. The minimum absolute atomic E-state index is 0.527. The third-order valence-electron chi connectivity index (χ3n) is 1.10. The molecule has 0 radical (unpaired) electrons. The molecule has 1 aliphatic heterocycles. The third kappa shape index (κ3) is 1.54. The fourth-order valence-corrected chi connectivity index (χ4v) is 1.73. The molecule has 1 fully saturated rings. The number of aliphatic hydroxyl groups excluding tert-OH is 2.